The number of carbonyl (C=O) groups is 1. The van der Waals surface area contributed by atoms with Crippen LogP contribution in [0, 0.1) is 5.41 Å². The van der Waals surface area contributed by atoms with E-state index >= 15 is 0 Å². The van der Waals surface area contributed by atoms with E-state index in [0.717, 1.165) is 25.7 Å². The average Bonchev–Trinajstić information content (AvgIpc) is 2.46. The second-order valence-electron chi connectivity index (χ2n) is 6.03. The molecule has 116 valence electrons. The van der Waals surface area contributed by atoms with Crippen LogP contribution in [-0.4, -0.2) is 26.0 Å². The van der Waals surface area contributed by atoms with E-state index in [9.17, 15) is 13.2 Å². The van der Waals surface area contributed by atoms with E-state index in [2.05, 4.69) is 11.6 Å². The van der Waals surface area contributed by atoms with E-state index in [0.29, 0.717) is 6.54 Å². The lowest BCUT2D eigenvalue weighted by Crippen LogP contribution is -2.37. The SMILES string of the molecule is CC1(CNS(=O)(=O)c2ccc(C(=O)O)cc2)CCCCC1. The molecule has 2 N–H and O–H groups in total. The van der Waals surface area contributed by atoms with E-state index in [1.807, 2.05) is 0 Å². The van der Waals surface area contributed by atoms with Gasteiger partial charge in [-0.15, -0.1) is 0 Å². The summed E-state index contributed by atoms with van der Waals surface area (Å²) in [4.78, 5) is 10.9. The van der Waals surface area contributed by atoms with Gasteiger partial charge in [0.05, 0.1) is 10.5 Å². The monoisotopic (exact) mass is 311 g/mol. The Morgan fingerprint density at radius 2 is 1.76 bits per heavy atom. The van der Waals surface area contributed by atoms with Crippen LogP contribution >= 0.6 is 0 Å². The van der Waals surface area contributed by atoms with Gasteiger partial charge in [-0.05, 0) is 42.5 Å². The molecule has 1 saturated carbocycles. The minimum Gasteiger partial charge on any atom is -0.478 e. The topological polar surface area (TPSA) is 83.5 Å². The Kier molecular flexibility index (Phi) is 4.68. The molecule has 5 nitrogen and oxygen atoms in total. The van der Waals surface area contributed by atoms with Gasteiger partial charge in [-0.25, -0.2) is 17.9 Å². The molecular weight excluding hydrogens is 290 g/mol. The Labute approximate surface area is 125 Å². The number of carboxylic acid groups (broad SMARTS) is 1. The first-order valence-corrected chi connectivity index (χ1v) is 8.64. The van der Waals surface area contributed by atoms with Crippen molar-refractivity contribution in [2.75, 3.05) is 6.54 Å². The Balaban J connectivity index is 2.05. The van der Waals surface area contributed by atoms with Crippen molar-refractivity contribution in [1.29, 1.82) is 0 Å². The summed E-state index contributed by atoms with van der Waals surface area (Å²) in [7, 11) is -3.58. The van der Waals surface area contributed by atoms with Gasteiger partial charge in [0, 0.05) is 6.54 Å². The van der Waals surface area contributed by atoms with Crippen LogP contribution in [0.2, 0.25) is 0 Å². The summed E-state index contributed by atoms with van der Waals surface area (Å²) in [6.45, 7) is 2.54. The zero-order valence-electron chi connectivity index (χ0n) is 12.1. The largest absolute Gasteiger partial charge is 0.478 e. The summed E-state index contributed by atoms with van der Waals surface area (Å²) in [5.74, 6) is -1.07. The Morgan fingerprint density at radius 3 is 2.29 bits per heavy atom. The summed E-state index contributed by atoms with van der Waals surface area (Å²) in [6.07, 6.45) is 5.58. The minimum absolute atomic E-state index is 0.0202. The zero-order valence-corrected chi connectivity index (χ0v) is 12.9. The number of hydrogen-bond acceptors (Lipinski definition) is 3. The highest BCUT2D eigenvalue weighted by Gasteiger charge is 2.28. The molecule has 0 atom stereocenters. The molecule has 1 fully saturated rings. The maximum Gasteiger partial charge on any atom is 0.335 e. The second kappa shape index (κ2) is 6.15. The van der Waals surface area contributed by atoms with Crippen LogP contribution in [0.1, 0.15) is 49.4 Å². The van der Waals surface area contributed by atoms with Gasteiger partial charge in [0.1, 0.15) is 0 Å². The smallest absolute Gasteiger partial charge is 0.335 e. The van der Waals surface area contributed by atoms with E-state index in [1.165, 1.54) is 30.7 Å². The van der Waals surface area contributed by atoms with E-state index < -0.39 is 16.0 Å². The van der Waals surface area contributed by atoms with Crippen molar-refractivity contribution in [1.82, 2.24) is 4.72 Å². The summed E-state index contributed by atoms with van der Waals surface area (Å²) in [6, 6.07) is 5.27. The Bertz CT molecular complexity index is 601. The van der Waals surface area contributed by atoms with E-state index in [4.69, 9.17) is 5.11 Å². The quantitative estimate of drug-likeness (QED) is 0.875. The average molecular weight is 311 g/mol. The van der Waals surface area contributed by atoms with Crippen molar-refractivity contribution < 1.29 is 18.3 Å². The molecule has 21 heavy (non-hydrogen) atoms. The summed E-state index contributed by atoms with van der Waals surface area (Å²) in [5, 5.41) is 8.82. The molecule has 0 heterocycles. The van der Waals surface area contributed by atoms with Crippen LogP contribution in [0.4, 0.5) is 0 Å². The molecule has 0 saturated heterocycles. The highest BCUT2D eigenvalue weighted by Crippen LogP contribution is 2.35. The van der Waals surface area contributed by atoms with Gasteiger partial charge in [0.15, 0.2) is 0 Å². The first kappa shape index (κ1) is 16.0. The normalized spacial score (nSPS) is 18.3. The van der Waals surface area contributed by atoms with Gasteiger partial charge in [0.2, 0.25) is 10.0 Å². The van der Waals surface area contributed by atoms with Gasteiger partial charge in [-0.3, -0.25) is 0 Å². The number of rotatable bonds is 5. The van der Waals surface area contributed by atoms with Gasteiger partial charge in [-0.1, -0.05) is 26.2 Å². The lowest BCUT2D eigenvalue weighted by molar-refractivity contribution is 0.0696. The molecule has 1 aromatic rings. The summed E-state index contributed by atoms with van der Waals surface area (Å²) >= 11 is 0. The molecule has 0 amide bonds. The first-order valence-electron chi connectivity index (χ1n) is 7.15. The van der Waals surface area contributed by atoms with Crippen molar-refractivity contribution in [3.63, 3.8) is 0 Å². The van der Waals surface area contributed by atoms with E-state index in [1.54, 1.807) is 0 Å². The van der Waals surface area contributed by atoms with Gasteiger partial charge in [-0.2, -0.15) is 0 Å². The predicted molar refractivity (Wildman–Crippen MR) is 79.8 cm³/mol. The lowest BCUT2D eigenvalue weighted by Gasteiger charge is -2.33. The Morgan fingerprint density at radius 1 is 1.19 bits per heavy atom. The number of aromatic carboxylic acids is 1. The number of nitrogens with one attached hydrogen (secondary N) is 1. The van der Waals surface area contributed by atoms with Crippen molar-refractivity contribution in [3.05, 3.63) is 29.8 Å². The van der Waals surface area contributed by atoms with Crippen LogP contribution in [0.15, 0.2) is 29.2 Å². The molecule has 0 unspecified atom stereocenters. The maximum atomic E-state index is 12.2. The van der Waals surface area contributed by atoms with Gasteiger partial charge < -0.3 is 5.11 Å². The number of hydrogen-bond donors (Lipinski definition) is 2. The van der Waals surface area contributed by atoms with Crippen molar-refractivity contribution >= 4 is 16.0 Å². The van der Waals surface area contributed by atoms with Crippen LogP contribution in [0.25, 0.3) is 0 Å². The van der Waals surface area contributed by atoms with E-state index in [-0.39, 0.29) is 15.9 Å². The standard InChI is InChI=1S/C15H21NO4S/c1-15(9-3-2-4-10-15)11-16-21(19,20)13-7-5-12(6-8-13)14(17)18/h5-8,16H,2-4,9-11H2,1H3,(H,17,18). The van der Waals surface area contributed by atoms with Crippen LogP contribution in [0.5, 0.6) is 0 Å². The highest BCUT2D eigenvalue weighted by molar-refractivity contribution is 7.89. The molecule has 0 bridgehead atoms. The molecule has 6 heteroatoms. The second-order valence-corrected chi connectivity index (χ2v) is 7.79. The van der Waals surface area contributed by atoms with Crippen LogP contribution in [-0.2, 0) is 10.0 Å². The molecule has 1 aromatic carbocycles. The molecule has 0 aromatic heterocycles. The van der Waals surface area contributed by atoms with Crippen LogP contribution < -0.4 is 4.72 Å². The summed E-state index contributed by atoms with van der Waals surface area (Å²) in [5.41, 5.74) is 0.0972. The number of sulfonamides is 1. The van der Waals surface area contributed by atoms with Crippen molar-refractivity contribution in [3.8, 4) is 0 Å². The number of benzene rings is 1. The third-order valence-corrected chi connectivity index (χ3v) is 5.58. The molecular formula is C15H21NO4S. The summed E-state index contributed by atoms with van der Waals surface area (Å²) < 4.78 is 27.1. The van der Waals surface area contributed by atoms with Gasteiger partial charge >= 0.3 is 5.97 Å². The fourth-order valence-electron chi connectivity index (χ4n) is 2.71. The number of carboxylic acids is 1. The lowest BCUT2D eigenvalue weighted by atomic mass is 9.76. The molecule has 0 spiro atoms. The maximum absolute atomic E-state index is 12.2. The first-order chi connectivity index (χ1) is 9.82. The highest BCUT2D eigenvalue weighted by atomic mass is 32.2. The fourth-order valence-corrected chi connectivity index (χ4v) is 3.91. The fraction of sp³-hybridized carbons (Fsp3) is 0.533. The van der Waals surface area contributed by atoms with Crippen molar-refractivity contribution in [2.45, 2.75) is 43.9 Å². The zero-order chi connectivity index (χ0) is 15.5. The molecule has 2 rings (SSSR count). The van der Waals surface area contributed by atoms with Crippen molar-refractivity contribution in [2.24, 2.45) is 5.41 Å². The molecule has 1 aliphatic rings. The Hall–Kier alpha value is -1.40. The molecule has 1 aliphatic carbocycles. The third-order valence-electron chi connectivity index (χ3n) is 4.16. The van der Waals surface area contributed by atoms with Gasteiger partial charge in [0.25, 0.3) is 0 Å². The minimum atomic E-state index is -3.58. The predicted octanol–water partition coefficient (Wildman–Crippen LogP) is 2.63. The third kappa shape index (κ3) is 4.04. The molecule has 0 radical (unpaired) electrons. The van der Waals surface area contributed by atoms with Crippen LogP contribution in [0.3, 0.4) is 0 Å². The molecule has 0 aliphatic heterocycles.